The van der Waals surface area contributed by atoms with Gasteiger partial charge >= 0.3 is 0 Å². The van der Waals surface area contributed by atoms with E-state index in [-0.39, 0.29) is 6.42 Å². The zero-order chi connectivity index (χ0) is 17.7. The van der Waals surface area contributed by atoms with Crippen LogP contribution >= 0.6 is 0 Å². The molecule has 0 aromatic carbocycles. The molecule has 0 rings (SSSR count). The molecule has 0 N–H and O–H groups in total. The molecule has 0 heterocycles. The Labute approximate surface area is 133 Å². The highest BCUT2D eigenvalue weighted by molar-refractivity contribution is 5.12. The Bertz CT molecular complexity index is 546. The van der Waals surface area contributed by atoms with Gasteiger partial charge in [-0.05, 0) is 41.5 Å². The first-order valence-corrected chi connectivity index (χ1v) is 7.09. The van der Waals surface area contributed by atoms with Gasteiger partial charge in [-0.15, -0.1) is 0 Å². The second kappa shape index (κ2) is 6.86. The van der Waals surface area contributed by atoms with Gasteiger partial charge in [0, 0.05) is 20.0 Å². The second-order valence-electron chi connectivity index (χ2n) is 7.28. The van der Waals surface area contributed by atoms with Crippen LogP contribution in [0.3, 0.4) is 0 Å². The maximum Gasteiger partial charge on any atom is 0.167 e. The van der Waals surface area contributed by atoms with Crippen molar-refractivity contribution >= 4 is 0 Å². The summed E-state index contributed by atoms with van der Waals surface area (Å²) in [5.74, 6) is 0. The molecule has 0 fully saturated rings. The summed E-state index contributed by atoms with van der Waals surface area (Å²) >= 11 is 0. The van der Waals surface area contributed by atoms with Gasteiger partial charge in [0.25, 0.3) is 0 Å². The van der Waals surface area contributed by atoms with E-state index >= 15 is 0 Å². The van der Waals surface area contributed by atoms with Crippen molar-refractivity contribution in [2.45, 2.75) is 71.1 Å². The van der Waals surface area contributed by atoms with Crippen molar-refractivity contribution in [1.82, 2.24) is 0 Å². The Hall–Kier alpha value is -1.97. The van der Waals surface area contributed by atoms with Gasteiger partial charge < -0.3 is 4.74 Å². The zero-order valence-corrected chi connectivity index (χ0v) is 14.6. The van der Waals surface area contributed by atoms with Crippen LogP contribution in [0.2, 0.25) is 0 Å². The number of azo groups is 1. The Morgan fingerprint density at radius 2 is 1.18 bits per heavy atom. The Balaban J connectivity index is 5.39. The number of hydrogen-bond acceptors (Lipinski definition) is 6. The molecule has 2 atom stereocenters. The van der Waals surface area contributed by atoms with Gasteiger partial charge in [0.05, 0.1) is 29.2 Å². The fourth-order valence-corrected chi connectivity index (χ4v) is 2.22. The maximum absolute atomic E-state index is 9.40. The summed E-state index contributed by atoms with van der Waals surface area (Å²) in [6, 6.07) is 6.37. The number of rotatable bonds is 7. The molecular weight excluding hydrogens is 278 g/mol. The van der Waals surface area contributed by atoms with Crippen molar-refractivity contribution < 1.29 is 4.74 Å². The van der Waals surface area contributed by atoms with Gasteiger partial charge in [0.15, 0.2) is 11.1 Å². The molecule has 0 radical (unpaired) electrons. The third kappa shape index (κ3) is 6.20. The van der Waals surface area contributed by atoms with Gasteiger partial charge in [-0.2, -0.15) is 26.0 Å². The predicted octanol–water partition coefficient (Wildman–Crippen LogP) is 3.76. The zero-order valence-electron chi connectivity index (χ0n) is 14.6. The van der Waals surface area contributed by atoms with E-state index < -0.39 is 22.1 Å². The molecule has 6 heteroatoms. The highest BCUT2D eigenvalue weighted by atomic mass is 16.5. The molecule has 0 aromatic heterocycles. The Kier molecular flexibility index (Phi) is 6.25. The van der Waals surface area contributed by atoms with E-state index in [0.717, 1.165) is 0 Å². The van der Waals surface area contributed by atoms with Crippen molar-refractivity contribution in [3.05, 3.63) is 0 Å². The van der Waals surface area contributed by atoms with Gasteiger partial charge in [-0.1, -0.05) is 0 Å². The number of nitriles is 3. The Morgan fingerprint density at radius 3 is 1.50 bits per heavy atom. The van der Waals surface area contributed by atoms with Gasteiger partial charge in [0.2, 0.25) is 0 Å². The van der Waals surface area contributed by atoms with Crippen LogP contribution in [0.15, 0.2) is 10.2 Å². The summed E-state index contributed by atoms with van der Waals surface area (Å²) in [5.41, 5.74) is -3.46. The third-order valence-electron chi connectivity index (χ3n) is 3.38. The summed E-state index contributed by atoms with van der Waals surface area (Å²) in [5, 5.41) is 36.1. The minimum atomic E-state index is -1.14. The van der Waals surface area contributed by atoms with Crippen LogP contribution in [0.1, 0.15) is 54.4 Å². The van der Waals surface area contributed by atoms with E-state index in [1.807, 2.05) is 13.8 Å². The van der Waals surface area contributed by atoms with Gasteiger partial charge in [-0.3, -0.25) is 0 Å². The largest absolute Gasteiger partial charge is 0.379 e. The maximum atomic E-state index is 9.40. The smallest absolute Gasteiger partial charge is 0.167 e. The lowest BCUT2D eigenvalue weighted by Gasteiger charge is -2.29. The predicted molar refractivity (Wildman–Crippen MR) is 82.6 cm³/mol. The van der Waals surface area contributed by atoms with Gasteiger partial charge in [-0.25, -0.2) is 0 Å². The standard InChI is InChI=1S/C16H25N5O/c1-13(2,10-17)8-15(5,11-18)20-21-16(6,12-19)9-14(3,4)22-7/h8-9H2,1-7H3. The van der Waals surface area contributed by atoms with Gasteiger partial charge in [0.1, 0.15) is 0 Å². The van der Waals surface area contributed by atoms with E-state index in [1.54, 1.807) is 34.8 Å². The number of hydrogen-bond donors (Lipinski definition) is 0. The molecule has 0 amide bonds. The van der Waals surface area contributed by atoms with E-state index in [9.17, 15) is 10.5 Å². The van der Waals surface area contributed by atoms with Crippen LogP contribution in [0.5, 0.6) is 0 Å². The first-order valence-electron chi connectivity index (χ1n) is 7.09. The lowest BCUT2D eigenvalue weighted by molar-refractivity contribution is 0.00460. The van der Waals surface area contributed by atoms with Crippen LogP contribution in [0.4, 0.5) is 0 Å². The highest BCUT2D eigenvalue weighted by Gasteiger charge is 2.36. The molecule has 0 aliphatic heterocycles. The topological polar surface area (TPSA) is 105 Å². The van der Waals surface area contributed by atoms with E-state index in [1.165, 1.54) is 0 Å². The molecule has 0 aliphatic rings. The summed E-state index contributed by atoms with van der Waals surface area (Å²) in [6.45, 7) is 10.5. The van der Waals surface area contributed by atoms with Crippen molar-refractivity contribution in [3.63, 3.8) is 0 Å². The van der Waals surface area contributed by atoms with Crippen LogP contribution in [-0.2, 0) is 4.74 Å². The fraction of sp³-hybridized carbons (Fsp3) is 0.812. The fourth-order valence-electron chi connectivity index (χ4n) is 2.22. The average molecular weight is 303 g/mol. The highest BCUT2D eigenvalue weighted by Crippen LogP contribution is 2.32. The lowest BCUT2D eigenvalue weighted by atomic mass is 9.81. The molecular formula is C16H25N5O. The monoisotopic (exact) mass is 303 g/mol. The van der Waals surface area contributed by atoms with Crippen LogP contribution < -0.4 is 0 Å². The molecule has 0 aliphatic carbocycles. The first kappa shape index (κ1) is 20.0. The number of ether oxygens (including phenoxy) is 1. The molecule has 0 spiro atoms. The molecule has 2 unspecified atom stereocenters. The number of methoxy groups -OCH3 is 1. The molecule has 0 bridgehead atoms. The molecule has 22 heavy (non-hydrogen) atoms. The SMILES string of the molecule is COC(C)(C)CC(C)(C#N)N=NC(C)(C#N)CC(C)(C)C#N. The normalized spacial score (nSPS) is 17.8. The summed E-state index contributed by atoms with van der Waals surface area (Å²) in [7, 11) is 1.57. The summed E-state index contributed by atoms with van der Waals surface area (Å²) in [6.07, 6.45) is 0.589. The van der Waals surface area contributed by atoms with Crippen LogP contribution in [0.25, 0.3) is 0 Å². The third-order valence-corrected chi connectivity index (χ3v) is 3.38. The van der Waals surface area contributed by atoms with Crippen molar-refractivity contribution in [2.75, 3.05) is 7.11 Å². The Morgan fingerprint density at radius 1 is 0.773 bits per heavy atom. The minimum absolute atomic E-state index is 0.242. The molecule has 120 valence electrons. The minimum Gasteiger partial charge on any atom is -0.379 e. The molecule has 0 saturated heterocycles. The average Bonchev–Trinajstić information content (AvgIpc) is 2.44. The first-order chi connectivity index (χ1) is 9.86. The van der Waals surface area contributed by atoms with Crippen molar-refractivity contribution in [2.24, 2.45) is 15.6 Å². The molecule has 6 nitrogen and oxygen atoms in total. The molecule has 0 saturated carbocycles. The van der Waals surface area contributed by atoms with E-state index in [0.29, 0.717) is 6.42 Å². The van der Waals surface area contributed by atoms with Crippen LogP contribution in [-0.4, -0.2) is 23.8 Å². The van der Waals surface area contributed by atoms with Crippen molar-refractivity contribution in [1.29, 1.82) is 15.8 Å². The van der Waals surface area contributed by atoms with Crippen LogP contribution in [0, 0.1) is 39.4 Å². The van der Waals surface area contributed by atoms with E-state index in [2.05, 4.69) is 28.4 Å². The number of nitrogens with zero attached hydrogens (tertiary/aromatic N) is 5. The second-order valence-corrected chi connectivity index (χ2v) is 7.28. The quantitative estimate of drug-likeness (QED) is 0.667. The van der Waals surface area contributed by atoms with E-state index in [4.69, 9.17) is 10.00 Å². The molecule has 0 aromatic rings. The van der Waals surface area contributed by atoms with Crippen molar-refractivity contribution in [3.8, 4) is 18.2 Å². The summed E-state index contributed by atoms with van der Waals surface area (Å²) in [4.78, 5) is 0. The summed E-state index contributed by atoms with van der Waals surface area (Å²) < 4.78 is 5.33. The lowest BCUT2D eigenvalue weighted by Crippen LogP contribution is -2.35.